The fourth-order valence-electron chi connectivity index (χ4n) is 2.31. The first-order valence-electron chi connectivity index (χ1n) is 5.99. The van der Waals surface area contributed by atoms with Gasteiger partial charge >= 0.3 is 0 Å². The maximum absolute atomic E-state index is 6.12. The lowest BCUT2D eigenvalue weighted by molar-refractivity contribution is 0.0271. The van der Waals surface area contributed by atoms with Gasteiger partial charge in [0.05, 0.1) is 6.61 Å². The summed E-state index contributed by atoms with van der Waals surface area (Å²) in [6.07, 6.45) is 2.36. The number of hydrogen-bond donors (Lipinski definition) is 1. The molecule has 0 radical (unpaired) electrons. The molecule has 0 aromatic heterocycles. The summed E-state index contributed by atoms with van der Waals surface area (Å²) in [5.41, 5.74) is 6.12. The van der Waals surface area contributed by atoms with E-state index in [2.05, 4.69) is 16.7 Å². The quantitative estimate of drug-likeness (QED) is 0.761. The standard InChI is InChI=1S/C11H22N2OS/c12-11-2-5-14-9-10(11)8-13-3-1-6-15-7-4-13/h10-11H,1-9,12H2. The van der Waals surface area contributed by atoms with Crippen molar-refractivity contribution in [2.75, 3.05) is 44.4 Å². The Morgan fingerprint density at radius 1 is 1.33 bits per heavy atom. The third-order valence-electron chi connectivity index (χ3n) is 3.34. The van der Waals surface area contributed by atoms with Crippen LogP contribution in [0.2, 0.25) is 0 Å². The molecule has 4 heteroatoms. The number of nitrogens with zero attached hydrogens (tertiary/aromatic N) is 1. The molecule has 0 aliphatic carbocycles. The SMILES string of the molecule is NC1CCOCC1CN1CCCSCC1. The van der Waals surface area contributed by atoms with E-state index in [1.54, 1.807) is 0 Å². The fraction of sp³-hybridized carbons (Fsp3) is 1.00. The van der Waals surface area contributed by atoms with Gasteiger partial charge in [-0.2, -0.15) is 11.8 Å². The van der Waals surface area contributed by atoms with Crippen molar-refractivity contribution in [2.45, 2.75) is 18.9 Å². The van der Waals surface area contributed by atoms with Gasteiger partial charge in [-0.05, 0) is 25.1 Å². The van der Waals surface area contributed by atoms with Gasteiger partial charge in [-0.25, -0.2) is 0 Å². The van der Waals surface area contributed by atoms with Crippen molar-refractivity contribution >= 4 is 11.8 Å². The molecule has 0 aromatic rings. The second-order valence-electron chi connectivity index (χ2n) is 4.55. The van der Waals surface area contributed by atoms with E-state index >= 15 is 0 Å². The van der Waals surface area contributed by atoms with Crippen molar-refractivity contribution in [1.29, 1.82) is 0 Å². The maximum atomic E-state index is 6.12. The Balaban J connectivity index is 1.78. The number of nitrogens with two attached hydrogens (primary N) is 1. The molecule has 2 unspecified atom stereocenters. The van der Waals surface area contributed by atoms with Gasteiger partial charge in [-0.15, -0.1) is 0 Å². The van der Waals surface area contributed by atoms with Crippen LogP contribution in [0.5, 0.6) is 0 Å². The van der Waals surface area contributed by atoms with Crippen LogP contribution in [0.3, 0.4) is 0 Å². The van der Waals surface area contributed by atoms with Crippen LogP contribution in [0.1, 0.15) is 12.8 Å². The molecular weight excluding hydrogens is 208 g/mol. The number of ether oxygens (including phenoxy) is 1. The second kappa shape index (κ2) is 6.09. The summed E-state index contributed by atoms with van der Waals surface area (Å²) < 4.78 is 5.51. The van der Waals surface area contributed by atoms with Gasteiger partial charge in [-0.3, -0.25) is 0 Å². The maximum Gasteiger partial charge on any atom is 0.0521 e. The molecular formula is C11H22N2OS. The first-order chi connectivity index (χ1) is 7.36. The van der Waals surface area contributed by atoms with Gasteiger partial charge < -0.3 is 15.4 Å². The smallest absolute Gasteiger partial charge is 0.0521 e. The van der Waals surface area contributed by atoms with Crippen LogP contribution >= 0.6 is 11.8 Å². The van der Waals surface area contributed by atoms with Crippen molar-refractivity contribution in [1.82, 2.24) is 4.90 Å². The Morgan fingerprint density at radius 3 is 3.13 bits per heavy atom. The minimum absolute atomic E-state index is 0.356. The molecule has 0 spiro atoms. The van der Waals surface area contributed by atoms with Crippen molar-refractivity contribution in [2.24, 2.45) is 11.7 Å². The molecule has 2 aliphatic heterocycles. The largest absolute Gasteiger partial charge is 0.381 e. The van der Waals surface area contributed by atoms with Gasteiger partial charge in [0.15, 0.2) is 0 Å². The van der Waals surface area contributed by atoms with E-state index in [0.29, 0.717) is 12.0 Å². The van der Waals surface area contributed by atoms with Gasteiger partial charge in [0, 0.05) is 37.4 Å². The summed E-state index contributed by atoms with van der Waals surface area (Å²) in [7, 11) is 0. The summed E-state index contributed by atoms with van der Waals surface area (Å²) >= 11 is 2.08. The molecule has 0 amide bonds. The highest BCUT2D eigenvalue weighted by atomic mass is 32.2. The lowest BCUT2D eigenvalue weighted by atomic mass is 9.96. The zero-order valence-corrected chi connectivity index (χ0v) is 10.2. The summed E-state index contributed by atoms with van der Waals surface area (Å²) in [4.78, 5) is 2.57. The van der Waals surface area contributed by atoms with E-state index in [-0.39, 0.29) is 0 Å². The molecule has 2 N–H and O–H groups in total. The van der Waals surface area contributed by atoms with E-state index in [1.165, 1.54) is 31.0 Å². The normalized spacial score (nSPS) is 35.0. The minimum atomic E-state index is 0.356. The zero-order valence-electron chi connectivity index (χ0n) is 9.36. The van der Waals surface area contributed by atoms with Crippen LogP contribution in [-0.4, -0.2) is 55.3 Å². The van der Waals surface area contributed by atoms with Crippen molar-refractivity contribution < 1.29 is 4.74 Å². The molecule has 0 bridgehead atoms. The average molecular weight is 230 g/mol. The Hall–Kier alpha value is 0.230. The third kappa shape index (κ3) is 3.63. The predicted molar refractivity (Wildman–Crippen MR) is 65.3 cm³/mol. The summed E-state index contributed by atoms with van der Waals surface area (Å²) in [5, 5.41) is 0. The molecule has 2 heterocycles. The first-order valence-corrected chi connectivity index (χ1v) is 7.15. The molecule has 2 fully saturated rings. The summed E-state index contributed by atoms with van der Waals surface area (Å²) in [6.45, 7) is 5.34. The molecule has 15 heavy (non-hydrogen) atoms. The predicted octanol–water partition coefficient (Wildman–Crippen LogP) is 0.789. The number of thioether (sulfide) groups is 1. The lowest BCUT2D eigenvalue weighted by Crippen LogP contribution is -2.45. The topological polar surface area (TPSA) is 38.5 Å². The van der Waals surface area contributed by atoms with Gasteiger partial charge in [0.2, 0.25) is 0 Å². The number of hydrogen-bond acceptors (Lipinski definition) is 4. The Morgan fingerprint density at radius 2 is 2.27 bits per heavy atom. The van der Waals surface area contributed by atoms with Gasteiger partial charge in [0.25, 0.3) is 0 Å². The molecule has 2 saturated heterocycles. The van der Waals surface area contributed by atoms with E-state index in [0.717, 1.165) is 26.2 Å². The van der Waals surface area contributed by atoms with E-state index in [1.807, 2.05) is 0 Å². The molecule has 2 rings (SSSR count). The summed E-state index contributed by atoms with van der Waals surface area (Å²) in [6, 6.07) is 0.356. The van der Waals surface area contributed by atoms with Crippen LogP contribution in [0.4, 0.5) is 0 Å². The van der Waals surface area contributed by atoms with Crippen molar-refractivity contribution in [3.63, 3.8) is 0 Å². The highest BCUT2D eigenvalue weighted by molar-refractivity contribution is 7.99. The van der Waals surface area contributed by atoms with Gasteiger partial charge in [0.1, 0.15) is 0 Å². The molecule has 0 saturated carbocycles. The lowest BCUT2D eigenvalue weighted by Gasteiger charge is -2.33. The minimum Gasteiger partial charge on any atom is -0.381 e. The Bertz CT molecular complexity index is 183. The molecule has 88 valence electrons. The van der Waals surface area contributed by atoms with Crippen molar-refractivity contribution in [3.05, 3.63) is 0 Å². The molecule has 2 aliphatic rings. The Kier molecular flexibility index (Phi) is 4.75. The van der Waals surface area contributed by atoms with Gasteiger partial charge in [-0.1, -0.05) is 0 Å². The Labute approximate surface area is 96.7 Å². The second-order valence-corrected chi connectivity index (χ2v) is 5.78. The third-order valence-corrected chi connectivity index (χ3v) is 4.39. The molecule has 0 aromatic carbocycles. The number of rotatable bonds is 2. The molecule has 2 atom stereocenters. The van der Waals surface area contributed by atoms with E-state index in [4.69, 9.17) is 10.5 Å². The average Bonchev–Trinajstić information content (AvgIpc) is 2.50. The monoisotopic (exact) mass is 230 g/mol. The van der Waals surface area contributed by atoms with Crippen molar-refractivity contribution in [3.8, 4) is 0 Å². The zero-order chi connectivity index (χ0) is 10.5. The fourth-order valence-corrected chi connectivity index (χ4v) is 3.24. The van der Waals surface area contributed by atoms with E-state index in [9.17, 15) is 0 Å². The van der Waals surface area contributed by atoms with E-state index < -0.39 is 0 Å². The van der Waals surface area contributed by atoms with Crippen LogP contribution in [-0.2, 0) is 4.74 Å². The van der Waals surface area contributed by atoms with Crippen LogP contribution < -0.4 is 5.73 Å². The first kappa shape index (κ1) is 11.7. The van der Waals surface area contributed by atoms with Crippen LogP contribution in [0.15, 0.2) is 0 Å². The summed E-state index contributed by atoms with van der Waals surface area (Å²) in [5.74, 6) is 3.16. The molecule has 3 nitrogen and oxygen atoms in total. The highest BCUT2D eigenvalue weighted by Crippen LogP contribution is 2.17. The van der Waals surface area contributed by atoms with Crippen LogP contribution in [0.25, 0.3) is 0 Å². The van der Waals surface area contributed by atoms with Crippen LogP contribution in [0, 0.1) is 5.92 Å². The highest BCUT2D eigenvalue weighted by Gasteiger charge is 2.24.